The molecule has 0 spiro atoms. The number of hydrogen-bond donors (Lipinski definition) is 4. The smallest absolute Gasteiger partial charge is 0.0891 e. The summed E-state index contributed by atoms with van der Waals surface area (Å²) in [5.41, 5.74) is 24.4. The highest BCUT2D eigenvalue weighted by molar-refractivity contribution is 6.11. The van der Waals surface area contributed by atoms with Gasteiger partial charge in [0.2, 0.25) is 0 Å². The summed E-state index contributed by atoms with van der Waals surface area (Å²) in [7, 11) is 1.50. The number of para-hydroxylation sites is 2. The van der Waals surface area contributed by atoms with Crippen LogP contribution in [0.4, 0.5) is 11.4 Å². The first-order chi connectivity index (χ1) is 27.1. The highest BCUT2D eigenvalue weighted by Gasteiger charge is 2.18. The standard InChI is InChI=1S/C49H40N2.CH5N.H4N2/c1-5-16-37(7-3)45(33-36-18-8-9-19-36)38-26-29-41(30-27-38)50-47-24-14-12-22-43(47)35(4)32-39(17-6-2)40-28-31-49-46(34-40)44-23-13-15-25-48(44)51(49)42-20-10-11-21-42;2*1-2/h5-18,20,22-32,34,45,50H,1,3-4,33H2,2H3;2H2,1H3;1-2H2/b17-6-,37-16+,39-32+;;. The van der Waals surface area contributed by atoms with Gasteiger partial charge in [0.1, 0.15) is 0 Å². The molecule has 0 saturated carbocycles. The quantitative estimate of drug-likeness (QED) is 0.0422. The fourth-order valence-electron chi connectivity index (χ4n) is 6.98. The Morgan fingerprint density at radius 3 is 2.24 bits per heavy atom. The van der Waals surface area contributed by atoms with Gasteiger partial charge in [-0.05, 0) is 115 Å². The first-order valence-corrected chi connectivity index (χ1v) is 18.2. The summed E-state index contributed by atoms with van der Waals surface area (Å²) < 4.78 is 2.29. The van der Waals surface area contributed by atoms with Crippen molar-refractivity contribution in [1.82, 2.24) is 4.57 Å². The maximum Gasteiger partial charge on any atom is 0.0891 e. The molecule has 0 amide bonds. The molecule has 5 heteroatoms. The molecule has 5 nitrogen and oxygen atoms in total. The Kier molecular flexibility index (Phi) is 14.0. The largest absolute Gasteiger partial charge is 0.355 e. The van der Waals surface area contributed by atoms with Gasteiger partial charge >= 0.3 is 0 Å². The van der Waals surface area contributed by atoms with Crippen LogP contribution in [0.5, 0.6) is 0 Å². The molecule has 2 aliphatic carbocycles. The van der Waals surface area contributed by atoms with E-state index in [0.717, 1.165) is 56.9 Å². The van der Waals surface area contributed by atoms with Crippen LogP contribution >= 0.6 is 0 Å². The molecule has 0 saturated heterocycles. The third-order valence-corrected chi connectivity index (χ3v) is 9.40. The normalized spacial score (nSPS) is 13.6. The van der Waals surface area contributed by atoms with Crippen molar-refractivity contribution in [2.45, 2.75) is 19.3 Å². The lowest BCUT2D eigenvalue weighted by atomic mass is 9.85. The van der Waals surface area contributed by atoms with Gasteiger partial charge in [0.25, 0.3) is 0 Å². The minimum absolute atomic E-state index is 0.152. The van der Waals surface area contributed by atoms with Crippen molar-refractivity contribution in [3.63, 3.8) is 0 Å². The van der Waals surface area contributed by atoms with Crippen molar-refractivity contribution in [3.8, 4) is 0 Å². The summed E-state index contributed by atoms with van der Waals surface area (Å²) in [4.78, 5) is 0. The second kappa shape index (κ2) is 19.4. The van der Waals surface area contributed by atoms with Gasteiger partial charge in [-0.2, -0.15) is 0 Å². The number of nitrogens with one attached hydrogen (secondary N) is 1. The molecule has 5 aromatic rings. The number of hydrogen-bond acceptors (Lipinski definition) is 4. The van der Waals surface area contributed by atoms with Crippen molar-refractivity contribution in [2.24, 2.45) is 17.4 Å². The predicted octanol–water partition coefficient (Wildman–Crippen LogP) is 11.6. The Bertz CT molecular complexity index is 2500. The molecular weight excluding hydrogens is 671 g/mol. The zero-order chi connectivity index (χ0) is 39.2. The van der Waals surface area contributed by atoms with E-state index in [1.165, 1.54) is 34.5 Å². The zero-order valence-electron chi connectivity index (χ0n) is 31.7. The number of aromatic nitrogens is 1. The molecule has 0 fully saturated rings. The van der Waals surface area contributed by atoms with Gasteiger partial charge in [0, 0.05) is 33.6 Å². The number of allylic oxidation sites excluding steroid dienone is 15. The van der Waals surface area contributed by atoms with Gasteiger partial charge in [-0.1, -0.05) is 129 Å². The maximum atomic E-state index is 4.56. The fraction of sp³-hybridized carbons (Fsp3) is 0.0800. The van der Waals surface area contributed by atoms with Gasteiger partial charge in [-0.3, -0.25) is 11.7 Å². The highest BCUT2D eigenvalue weighted by Crippen LogP contribution is 2.37. The maximum absolute atomic E-state index is 4.56. The molecule has 274 valence electrons. The fourth-order valence-corrected chi connectivity index (χ4v) is 6.98. The van der Waals surface area contributed by atoms with Crippen LogP contribution in [-0.4, -0.2) is 11.6 Å². The van der Waals surface area contributed by atoms with E-state index in [1.54, 1.807) is 0 Å². The van der Waals surface area contributed by atoms with Crippen molar-refractivity contribution < 1.29 is 0 Å². The molecule has 1 unspecified atom stereocenters. The first kappa shape index (κ1) is 39.5. The summed E-state index contributed by atoms with van der Waals surface area (Å²) >= 11 is 0. The Morgan fingerprint density at radius 1 is 0.836 bits per heavy atom. The van der Waals surface area contributed by atoms with Crippen LogP contribution in [0.3, 0.4) is 0 Å². The number of nitrogens with two attached hydrogens (primary N) is 3. The average Bonchev–Trinajstić information content (AvgIpc) is 4.02. The van der Waals surface area contributed by atoms with Gasteiger partial charge in [0.05, 0.1) is 16.7 Å². The summed E-state index contributed by atoms with van der Waals surface area (Å²) in [6.07, 6.45) is 25.3. The number of anilines is 2. The molecule has 1 heterocycles. The van der Waals surface area contributed by atoms with E-state index in [4.69, 9.17) is 0 Å². The molecule has 4 aromatic carbocycles. The van der Waals surface area contributed by atoms with Crippen molar-refractivity contribution in [1.29, 1.82) is 0 Å². The van der Waals surface area contributed by atoms with Crippen LogP contribution < -0.4 is 22.7 Å². The number of fused-ring (bicyclic) bond motifs is 3. The van der Waals surface area contributed by atoms with Crippen LogP contribution in [0.1, 0.15) is 36.0 Å². The Morgan fingerprint density at radius 2 is 1.55 bits per heavy atom. The Hall–Kier alpha value is -6.68. The van der Waals surface area contributed by atoms with Crippen LogP contribution in [0.25, 0.3) is 38.6 Å². The number of hydrazine groups is 1. The molecule has 2 aliphatic rings. The van der Waals surface area contributed by atoms with Gasteiger partial charge in [0.15, 0.2) is 0 Å². The topological polar surface area (TPSA) is 95.0 Å². The molecule has 1 atom stereocenters. The van der Waals surface area contributed by atoms with Crippen LogP contribution in [-0.2, 0) is 0 Å². The van der Waals surface area contributed by atoms with Crippen molar-refractivity contribution in [2.75, 3.05) is 12.4 Å². The molecule has 0 radical (unpaired) electrons. The minimum Gasteiger partial charge on any atom is -0.355 e. The lowest BCUT2D eigenvalue weighted by molar-refractivity contribution is 0.810. The molecule has 7 rings (SSSR count). The van der Waals surface area contributed by atoms with Crippen LogP contribution in [0.15, 0.2) is 206 Å². The first-order valence-electron chi connectivity index (χ1n) is 18.2. The lowest BCUT2D eigenvalue weighted by Crippen LogP contribution is -2.03. The third-order valence-electron chi connectivity index (χ3n) is 9.40. The van der Waals surface area contributed by atoms with E-state index in [2.05, 4.69) is 187 Å². The summed E-state index contributed by atoms with van der Waals surface area (Å²) in [6, 6.07) is 32.3. The molecular formula is C50H49N5. The Balaban J connectivity index is 0.00000140. The van der Waals surface area contributed by atoms with Gasteiger partial charge < -0.3 is 15.6 Å². The van der Waals surface area contributed by atoms with Crippen LogP contribution in [0.2, 0.25) is 0 Å². The predicted molar refractivity (Wildman–Crippen MR) is 239 cm³/mol. The summed E-state index contributed by atoms with van der Waals surface area (Å²) in [6.45, 7) is 14.6. The lowest BCUT2D eigenvalue weighted by Gasteiger charge is -2.20. The number of benzene rings is 4. The second-order valence-corrected chi connectivity index (χ2v) is 12.6. The molecule has 7 N–H and O–H groups in total. The average molecular weight is 720 g/mol. The summed E-state index contributed by atoms with van der Waals surface area (Å²) in [5.74, 6) is 8.15. The van der Waals surface area contributed by atoms with E-state index in [9.17, 15) is 0 Å². The van der Waals surface area contributed by atoms with E-state index >= 15 is 0 Å². The summed E-state index contributed by atoms with van der Waals surface area (Å²) in [5, 5.41) is 6.09. The zero-order valence-corrected chi connectivity index (χ0v) is 31.7. The monoisotopic (exact) mass is 719 g/mol. The molecule has 55 heavy (non-hydrogen) atoms. The third kappa shape index (κ3) is 8.93. The van der Waals surface area contributed by atoms with Gasteiger partial charge in [-0.15, -0.1) is 5.73 Å². The molecule has 0 bridgehead atoms. The van der Waals surface area contributed by atoms with Gasteiger partial charge in [-0.25, -0.2) is 0 Å². The second-order valence-electron chi connectivity index (χ2n) is 12.6. The van der Waals surface area contributed by atoms with Crippen LogP contribution in [0, 0.1) is 0 Å². The van der Waals surface area contributed by atoms with E-state index in [0.29, 0.717) is 0 Å². The number of nitrogens with zero attached hydrogens (tertiary/aromatic N) is 1. The molecule has 0 aliphatic heterocycles. The highest BCUT2D eigenvalue weighted by atomic mass is 15.0. The van der Waals surface area contributed by atoms with E-state index in [1.807, 2.05) is 42.5 Å². The minimum atomic E-state index is 0.152. The SMILES string of the molecule is C=C/C=C(\C=C)C(CC1=C=CC=C1)c1ccc(Nc2ccccc2C(=C)/C=C(\C=C/C)c2ccc3c(c2)c2ccccc2n3C2=C=CC=C2)cc1.CN.NN. The van der Waals surface area contributed by atoms with E-state index < -0.39 is 0 Å². The van der Waals surface area contributed by atoms with Crippen molar-refractivity contribution >= 4 is 50.0 Å². The van der Waals surface area contributed by atoms with Crippen molar-refractivity contribution in [3.05, 3.63) is 223 Å². The number of rotatable bonds is 13. The molecule has 1 aromatic heterocycles. The Labute approximate surface area is 325 Å². The van der Waals surface area contributed by atoms with E-state index in [-0.39, 0.29) is 5.92 Å².